The molecule has 1 fully saturated rings. The fraction of sp³-hybridized carbons (Fsp3) is 0.444. The van der Waals surface area contributed by atoms with E-state index in [2.05, 4.69) is 29.5 Å². The van der Waals surface area contributed by atoms with Crippen molar-refractivity contribution in [3.8, 4) is 0 Å². The molecule has 5 heteroatoms. The normalized spacial score (nSPS) is 15.0. The number of carbonyl (C=O) groups is 1. The Morgan fingerprint density at radius 2 is 1.83 bits per heavy atom. The van der Waals surface area contributed by atoms with Crippen LogP contribution in [0, 0.1) is 13.8 Å². The Balaban J connectivity index is 1.73. The van der Waals surface area contributed by atoms with Gasteiger partial charge >= 0.3 is 0 Å². The number of nitrogens with one attached hydrogen (secondary N) is 1. The van der Waals surface area contributed by atoms with Crippen LogP contribution >= 0.6 is 0 Å². The monoisotopic (exact) mass is 312 g/mol. The first kappa shape index (κ1) is 15.7. The van der Waals surface area contributed by atoms with Crippen LogP contribution in [0.3, 0.4) is 0 Å². The number of piperazine rings is 1. The van der Waals surface area contributed by atoms with Gasteiger partial charge in [-0.05, 0) is 31.5 Å². The number of hydrogen-bond donors (Lipinski definition) is 1. The Hall–Kier alpha value is -2.14. The van der Waals surface area contributed by atoms with Gasteiger partial charge in [0.25, 0.3) is 5.91 Å². The van der Waals surface area contributed by atoms with Crippen LogP contribution < -0.4 is 5.32 Å². The molecule has 1 aromatic carbocycles. The van der Waals surface area contributed by atoms with Crippen molar-refractivity contribution in [2.75, 3.05) is 26.2 Å². The third-order valence-electron chi connectivity index (χ3n) is 4.64. The third kappa shape index (κ3) is 3.29. The Labute approximate surface area is 137 Å². The lowest BCUT2D eigenvalue weighted by atomic mass is 10.0. The van der Waals surface area contributed by atoms with Crippen LogP contribution in [0.25, 0.3) is 0 Å². The van der Waals surface area contributed by atoms with E-state index < -0.39 is 0 Å². The number of aromatic nitrogens is 2. The number of aryl methyl sites for hydroxylation is 2. The molecule has 5 nitrogen and oxygen atoms in total. The molecule has 0 aliphatic carbocycles. The highest BCUT2D eigenvalue weighted by atomic mass is 16.2. The molecule has 2 heterocycles. The number of amides is 1. The van der Waals surface area contributed by atoms with Crippen LogP contribution in [-0.4, -0.2) is 46.8 Å². The molecule has 0 bridgehead atoms. The SMILES string of the molecule is Cc1nn(C)c(C)c1Cc1ccc(C(=O)N2CCNCC2)cc1. The topological polar surface area (TPSA) is 50.2 Å². The van der Waals surface area contributed by atoms with E-state index in [1.54, 1.807) is 0 Å². The molecule has 0 radical (unpaired) electrons. The first-order valence-electron chi connectivity index (χ1n) is 8.14. The second kappa shape index (κ2) is 6.54. The number of rotatable bonds is 3. The molecule has 1 amide bonds. The van der Waals surface area contributed by atoms with E-state index in [1.807, 2.05) is 35.7 Å². The lowest BCUT2D eigenvalue weighted by molar-refractivity contribution is 0.0736. The van der Waals surface area contributed by atoms with Crippen LogP contribution in [0.1, 0.15) is 32.9 Å². The third-order valence-corrected chi connectivity index (χ3v) is 4.64. The molecule has 2 aromatic rings. The van der Waals surface area contributed by atoms with Crippen molar-refractivity contribution in [3.05, 3.63) is 52.3 Å². The maximum absolute atomic E-state index is 12.5. The van der Waals surface area contributed by atoms with E-state index in [4.69, 9.17) is 0 Å². The van der Waals surface area contributed by atoms with Gasteiger partial charge in [0.05, 0.1) is 5.69 Å². The zero-order valence-corrected chi connectivity index (χ0v) is 14.1. The van der Waals surface area contributed by atoms with Crippen LogP contribution in [0.15, 0.2) is 24.3 Å². The van der Waals surface area contributed by atoms with E-state index in [9.17, 15) is 4.79 Å². The van der Waals surface area contributed by atoms with Crippen molar-refractivity contribution in [1.82, 2.24) is 20.0 Å². The smallest absolute Gasteiger partial charge is 0.253 e. The van der Waals surface area contributed by atoms with Crippen molar-refractivity contribution in [2.45, 2.75) is 20.3 Å². The number of nitrogens with zero attached hydrogens (tertiary/aromatic N) is 3. The predicted molar refractivity (Wildman–Crippen MR) is 90.7 cm³/mol. The quantitative estimate of drug-likeness (QED) is 0.938. The van der Waals surface area contributed by atoms with Gasteiger partial charge in [0, 0.05) is 56.5 Å². The lowest BCUT2D eigenvalue weighted by Crippen LogP contribution is -2.46. The highest BCUT2D eigenvalue weighted by molar-refractivity contribution is 5.94. The van der Waals surface area contributed by atoms with Crippen LogP contribution in [0.4, 0.5) is 0 Å². The lowest BCUT2D eigenvalue weighted by Gasteiger charge is -2.27. The fourth-order valence-corrected chi connectivity index (χ4v) is 3.09. The average Bonchev–Trinajstić information content (AvgIpc) is 2.82. The summed E-state index contributed by atoms with van der Waals surface area (Å²) in [4.78, 5) is 14.4. The summed E-state index contributed by atoms with van der Waals surface area (Å²) in [7, 11) is 1.97. The molecule has 3 rings (SSSR count). The van der Waals surface area contributed by atoms with Gasteiger partial charge in [-0.3, -0.25) is 9.48 Å². The van der Waals surface area contributed by atoms with E-state index in [-0.39, 0.29) is 5.91 Å². The van der Waals surface area contributed by atoms with E-state index in [1.165, 1.54) is 16.8 Å². The Morgan fingerprint density at radius 1 is 1.17 bits per heavy atom. The molecule has 1 saturated heterocycles. The molecule has 1 aliphatic heterocycles. The second-order valence-electron chi connectivity index (χ2n) is 6.19. The van der Waals surface area contributed by atoms with Gasteiger partial charge in [-0.25, -0.2) is 0 Å². The van der Waals surface area contributed by atoms with Crippen LogP contribution in [-0.2, 0) is 13.5 Å². The van der Waals surface area contributed by atoms with Gasteiger partial charge in [-0.1, -0.05) is 12.1 Å². The number of hydrogen-bond acceptors (Lipinski definition) is 3. The standard InChI is InChI=1S/C18H24N4O/c1-13-17(14(2)21(3)20-13)12-15-4-6-16(7-5-15)18(23)22-10-8-19-9-11-22/h4-7,19H,8-12H2,1-3H3. The first-order valence-corrected chi connectivity index (χ1v) is 8.14. The Morgan fingerprint density at radius 3 is 2.39 bits per heavy atom. The second-order valence-corrected chi connectivity index (χ2v) is 6.19. The van der Waals surface area contributed by atoms with Crippen molar-refractivity contribution >= 4 is 5.91 Å². The van der Waals surface area contributed by atoms with Gasteiger partial charge < -0.3 is 10.2 Å². The molecular formula is C18H24N4O. The maximum Gasteiger partial charge on any atom is 0.253 e. The highest BCUT2D eigenvalue weighted by Crippen LogP contribution is 2.18. The largest absolute Gasteiger partial charge is 0.336 e. The molecule has 1 N–H and O–H groups in total. The zero-order chi connectivity index (χ0) is 16.4. The summed E-state index contributed by atoms with van der Waals surface area (Å²) in [5.41, 5.74) is 5.53. The van der Waals surface area contributed by atoms with Gasteiger partial charge in [-0.15, -0.1) is 0 Å². The van der Waals surface area contributed by atoms with Crippen LogP contribution in [0.2, 0.25) is 0 Å². The van der Waals surface area contributed by atoms with E-state index >= 15 is 0 Å². The van der Waals surface area contributed by atoms with Crippen molar-refractivity contribution in [2.24, 2.45) is 7.05 Å². The van der Waals surface area contributed by atoms with Crippen molar-refractivity contribution < 1.29 is 4.79 Å². The van der Waals surface area contributed by atoms with Gasteiger partial charge in [0.1, 0.15) is 0 Å². The van der Waals surface area contributed by atoms with Gasteiger partial charge in [0.15, 0.2) is 0 Å². The average molecular weight is 312 g/mol. The van der Waals surface area contributed by atoms with Crippen molar-refractivity contribution in [1.29, 1.82) is 0 Å². The minimum atomic E-state index is 0.131. The summed E-state index contributed by atoms with van der Waals surface area (Å²) < 4.78 is 1.92. The fourth-order valence-electron chi connectivity index (χ4n) is 3.09. The number of benzene rings is 1. The predicted octanol–water partition coefficient (Wildman–Crippen LogP) is 1.67. The van der Waals surface area contributed by atoms with Gasteiger partial charge in [0.2, 0.25) is 0 Å². The molecule has 23 heavy (non-hydrogen) atoms. The first-order chi connectivity index (χ1) is 11.1. The minimum Gasteiger partial charge on any atom is -0.336 e. The van der Waals surface area contributed by atoms with Crippen LogP contribution in [0.5, 0.6) is 0 Å². The Kier molecular flexibility index (Phi) is 4.48. The Bertz CT molecular complexity index is 697. The molecule has 0 saturated carbocycles. The molecule has 0 atom stereocenters. The molecule has 0 unspecified atom stereocenters. The van der Waals surface area contributed by atoms with Crippen molar-refractivity contribution in [3.63, 3.8) is 0 Å². The molecule has 1 aliphatic rings. The summed E-state index contributed by atoms with van der Waals surface area (Å²) in [6.45, 7) is 7.47. The maximum atomic E-state index is 12.5. The molecule has 0 spiro atoms. The zero-order valence-electron chi connectivity index (χ0n) is 14.1. The molecular weight excluding hydrogens is 288 g/mol. The summed E-state index contributed by atoms with van der Waals surface area (Å²) in [6.07, 6.45) is 0.855. The molecule has 1 aromatic heterocycles. The number of carbonyl (C=O) groups excluding carboxylic acids is 1. The summed E-state index contributed by atoms with van der Waals surface area (Å²) >= 11 is 0. The molecule has 122 valence electrons. The minimum absolute atomic E-state index is 0.131. The summed E-state index contributed by atoms with van der Waals surface area (Å²) in [5, 5.41) is 7.73. The van der Waals surface area contributed by atoms with E-state index in [0.717, 1.165) is 43.9 Å². The van der Waals surface area contributed by atoms with Gasteiger partial charge in [-0.2, -0.15) is 5.10 Å². The summed E-state index contributed by atoms with van der Waals surface area (Å²) in [5.74, 6) is 0.131. The summed E-state index contributed by atoms with van der Waals surface area (Å²) in [6, 6.07) is 8.00. The van der Waals surface area contributed by atoms with E-state index in [0.29, 0.717) is 0 Å². The highest BCUT2D eigenvalue weighted by Gasteiger charge is 2.18.